The van der Waals surface area contributed by atoms with E-state index in [1.807, 2.05) is 31.2 Å². The fraction of sp³-hybridized carbons (Fsp3) is 0.167. The van der Waals surface area contributed by atoms with E-state index in [0.717, 1.165) is 33.4 Å². The number of aryl methyl sites for hydroxylation is 1. The molecular weight excluding hydrogens is 346 g/mol. The van der Waals surface area contributed by atoms with Crippen molar-refractivity contribution in [2.45, 2.75) is 19.9 Å². The fourth-order valence-electron chi connectivity index (χ4n) is 3.60. The monoisotopic (exact) mass is 369 g/mol. The molecule has 1 aromatic heterocycles. The predicted octanol–water partition coefficient (Wildman–Crippen LogP) is 5.51. The molecule has 0 aliphatic rings. The average Bonchev–Trinajstić information content (AvgIpc) is 2.73. The maximum absolute atomic E-state index is 9.74. The Morgan fingerprint density at radius 1 is 0.857 bits per heavy atom. The van der Waals surface area contributed by atoms with Crippen molar-refractivity contribution in [1.82, 2.24) is 10.2 Å². The maximum Gasteiger partial charge on any atom is 0.159 e. The molecule has 1 N–H and O–H groups in total. The van der Waals surface area contributed by atoms with Crippen LogP contribution in [-0.4, -0.2) is 22.4 Å². The number of phenols is 1. The van der Waals surface area contributed by atoms with E-state index in [1.54, 1.807) is 12.1 Å². The van der Waals surface area contributed by atoms with Crippen molar-refractivity contribution in [2.24, 2.45) is 0 Å². The maximum atomic E-state index is 9.74. The lowest BCUT2D eigenvalue weighted by molar-refractivity contribution is 0.475. The minimum atomic E-state index is 0.167. The van der Waals surface area contributed by atoms with Crippen molar-refractivity contribution in [2.75, 3.05) is 11.9 Å². The zero-order valence-electron chi connectivity index (χ0n) is 16.3. The Morgan fingerprint density at radius 2 is 1.54 bits per heavy atom. The number of rotatable bonds is 4. The first-order chi connectivity index (χ1) is 13.6. The molecule has 0 amide bonds. The van der Waals surface area contributed by atoms with Gasteiger partial charge in [-0.05, 0) is 43.2 Å². The molecule has 1 atom stereocenters. The van der Waals surface area contributed by atoms with Gasteiger partial charge in [0.05, 0.1) is 6.04 Å². The Kier molecular flexibility index (Phi) is 4.70. The predicted molar refractivity (Wildman–Crippen MR) is 115 cm³/mol. The number of aromatic hydroxyl groups is 1. The van der Waals surface area contributed by atoms with Crippen LogP contribution in [0.4, 0.5) is 5.82 Å². The molecule has 4 rings (SSSR count). The van der Waals surface area contributed by atoms with E-state index in [1.165, 1.54) is 5.56 Å². The van der Waals surface area contributed by atoms with Crippen molar-refractivity contribution in [3.63, 3.8) is 0 Å². The van der Waals surface area contributed by atoms with Crippen LogP contribution >= 0.6 is 0 Å². The summed E-state index contributed by atoms with van der Waals surface area (Å²) in [4.78, 5) is 2.16. The van der Waals surface area contributed by atoms with Crippen molar-refractivity contribution in [3.05, 3.63) is 83.9 Å². The highest BCUT2D eigenvalue weighted by atomic mass is 16.3. The first-order valence-electron chi connectivity index (χ1n) is 9.39. The van der Waals surface area contributed by atoms with Gasteiger partial charge in [-0.3, -0.25) is 0 Å². The Bertz CT molecular complexity index is 1130. The summed E-state index contributed by atoms with van der Waals surface area (Å²) in [5.41, 5.74) is 4.01. The van der Waals surface area contributed by atoms with E-state index in [4.69, 9.17) is 0 Å². The molecule has 3 aromatic carbocycles. The number of hydrogen-bond donors (Lipinski definition) is 1. The van der Waals surface area contributed by atoms with Crippen LogP contribution in [0.1, 0.15) is 24.1 Å². The molecule has 28 heavy (non-hydrogen) atoms. The molecule has 4 nitrogen and oxygen atoms in total. The van der Waals surface area contributed by atoms with Crippen molar-refractivity contribution >= 4 is 16.6 Å². The van der Waals surface area contributed by atoms with Gasteiger partial charge < -0.3 is 10.0 Å². The van der Waals surface area contributed by atoms with Crippen LogP contribution in [0.15, 0.2) is 72.8 Å². The summed E-state index contributed by atoms with van der Waals surface area (Å²) in [6.07, 6.45) is 0. The first kappa shape index (κ1) is 18.0. The minimum absolute atomic E-state index is 0.167. The van der Waals surface area contributed by atoms with Gasteiger partial charge >= 0.3 is 0 Å². The molecule has 1 heterocycles. The molecule has 4 aromatic rings. The summed E-state index contributed by atoms with van der Waals surface area (Å²) in [5.74, 6) is 1.11. The Morgan fingerprint density at radius 3 is 2.25 bits per heavy atom. The number of nitrogens with zero attached hydrogens (tertiary/aromatic N) is 3. The third kappa shape index (κ3) is 3.18. The lowest BCUT2D eigenvalue weighted by atomic mass is 10.00. The highest BCUT2D eigenvalue weighted by Gasteiger charge is 2.19. The minimum Gasteiger partial charge on any atom is -0.508 e. The summed E-state index contributed by atoms with van der Waals surface area (Å²) < 4.78 is 0. The molecule has 0 fully saturated rings. The number of phenolic OH excluding ortho intramolecular Hbond substituents is 1. The number of aromatic nitrogens is 2. The van der Waals surface area contributed by atoms with Crippen LogP contribution in [0.2, 0.25) is 0 Å². The topological polar surface area (TPSA) is 49.3 Å². The van der Waals surface area contributed by atoms with Crippen LogP contribution in [0.5, 0.6) is 5.75 Å². The van der Waals surface area contributed by atoms with Crippen LogP contribution in [0.25, 0.3) is 22.0 Å². The summed E-state index contributed by atoms with van der Waals surface area (Å²) in [6.45, 7) is 4.15. The van der Waals surface area contributed by atoms with Gasteiger partial charge in [0, 0.05) is 23.4 Å². The lowest BCUT2D eigenvalue weighted by Gasteiger charge is -2.27. The van der Waals surface area contributed by atoms with Crippen molar-refractivity contribution < 1.29 is 5.11 Å². The molecule has 0 aliphatic heterocycles. The summed E-state index contributed by atoms with van der Waals surface area (Å²) in [5, 5.41) is 21.0. The van der Waals surface area contributed by atoms with Gasteiger partial charge in [0.15, 0.2) is 5.82 Å². The number of hydrogen-bond acceptors (Lipinski definition) is 4. The highest BCUT2D eigenvalue weighted by molar-refractivity contribution is 6.00. The van der Waals surface area contributed by atoms with E-state index in [2.05, 4.69) is 65.5 Å². The molecule has 0 spiro atoms. The first-order valence-corrected chi connectivity index (χ1v) is 9.39. The molecule has 140 valence electrons. The molecule has 0 bridgehead atoms. The SMILES string of the molecule is Cc1cc(O)ccc1-c1nnc(N(C)C(C)c2ccccc2)c2ccccc12. The van der Waals surface area contributed by atoms with Gasteiger partial charge in [0.1, 0.15) is 11.4 Å². The number of fused-ring (bicyclic) bond motifs is 1. The second-order valence-electron chi connectivity index (χ2n) is 7.11. The van der Waals surface area contributed by atoms with E-state index in [9.17, 15) is 5.11 Å². The Hall–Kier alpha value is -3.40. The Labute approximate surface area is 165 Å². The van der Waals surface area contributed by atoms with Crippen LogP contribution in [-0.2, 0) is 0 Å². The van der Waals surface area contributed by atoms with Gasteiger partial charge in [-0.25, -0.2) is 0 Å². The second-order valence-corrected chi connectivity index (χ2v) is 7.11. The second kappa shape index (κ2) is 7.31. The van der Waals surface area contributed by atoms with Gasteiger partial charge in [-0.2, -0.15) is 0 Å². The molecule has 0 saturated heterocycles. The highest BCUT2D eigenvalue weighted by Crippen LogP contribution is 2.35. The molecule has 0 aliphatic carbocycles. The summed E-state index contributed by atoms with van der Waals surface area (Å²) in [7, 11) is 2.06. The fourth-order valence-corrected chi connectivity index (χ4v) is 3.60. The van der Waals surface area contributed by atoms with Gasteiger partial charge in [0.25, 0.3) is 0 Å². The molecular formula is C24H23N3O. The van der Waals surface area contributed by atoms with Crippen LogP contribution < -0.4 is 4.90 Å². The van der Waals surface area contributed by atoms with Gasteiger partial charge in [0.2, 0.25) is 0 Å². The zero-order chi connectivity index (χ0) is 19.7. The molecule has 1 unspecified atom stereocenters. The standard InChI is InChI=1S/C24H23N3O/c1-16-15-19(28)13-14-20(16)23-21-11-7-8-12-22(21)24(26-25-23)27(3)17(2)18-9-5-4-6-10-18/h4-15,17,28H,1-3H3. The van der Waals surface area contributed by atoms with Crippen molar-refractivity contribution in [3.8, 4) is 17.0 Å². The van der Waals surface area contributed by atoms with E-state index >= 15 is 0 Å². The zero-order valence-corrected chi connectivity index (χ0v) is 16.3. The summed E-state index contributed by atoms with van der Waals surface area (Å²) in [6, 6.07) is 24.1. The number of anilines is 1. The van der Waals surface area contributed by atoms with Crippen LogP contribution in [0.3, 0.4) is 0 Å². The Balaban J connectivity index is 1.84. The average molecular weight is 369 g/mol. The van der Waals surface area contributed by atoms with E-state index < -0.39 is 0 Å². The van der Waals surface area contributed by atoms with Crippen LogP contribution in [0, 0.1) is 6.92 Å². The lowest BCUT2D eigenvalue weighted by Crippen LogP contribution is -2.23. The quantitative estimate of drug-likeness (QED) is 0.515. The third-order valence-corrected chi connectivity index (χ3v) is 5.33. The van der Waals surface area contributed by atoms with Crippen molar-refractivity contribution in [1.29, 1.82) is 0 Å². The smallest absolute Gasteiger partial charge is 0.159 e. The number of benzene rings is 3. The van der Waals surface area contributed by atoms with Gasteiger partial charge in [-0.1, -0.05) is 54.6 Å². The molecule has 4 heteroatoms. The van der Waals surface area contributed by atoms with Gasteiger partial charge in [-0.15, -0.1) is 10.2 Å². The summed E-state index contributed by atoms with van der Waals surface area (Å²) >= 11 is 0. The molecule has 0 saturated carbocycles. The largest absolute Gasteiger partial charge is 0.508 e. The molecule has 0 radical (unpaired) electrons. The van der Waals surface area contributed by atoms with E-state index in [-0.39, 0.29) is 11.8 Å². The normalized spacial score (nSPS) is 12.1. The van der Waals surface area contributed by atoms with E-state index in [0.29, 0.717) is 0 Å². The third-order valence-electron chi connectivity index (χ3n) is 5.33.